The van der Waals surface area contributed by atoms with Crippen molar-refractivity contribution in [1.29, 1.82) is 0 Å². The van der Waals surface area contributed by atoms with Gasteiger partial charge < -0.3 is 29.4 Å². The molecule has 0 saturated carbocycles. The van der Waals surface area contributed by atoms with Gasteiger partial charge in [0.05, 0.1) is 11.4 Å². The lowest BCUT2D eigenvalue weighted by Gasteiger charge is -2.05. The van der Waals surface area contributed by atoms with E-state index in [2.05, 4.69) is 10.6 Å². The first-order valence-corrected chi connectivity index (χ1v) is 8.48. The van der Waals surface area contributed by atoms with Gasteiger partial charge >= 0.3 is 5.97 Å². The normalized spacial score (nSPS) is 10.7. The van der Waals surface area contributed by atoms with Gasteiger partial charge in [-0.25, -0.2) is 4.79 Å². The fraction of sp³-hybridized carbons (Fsp3) is 0.211. The number of rotatable bonds is 5. The van der Waals surface area contributed by atoms with E-state index in [1.807, 2.05) is 0 Å². The standard InChI is InChI=1S/C19H21N5O4/c1-11-13(10-24(4)16(11)19(27)28)21-18(26)15-8-12(9-23(15)3)20-17(25)14-6-5-7-22(14)2/h5-10H,1-4H3,(H,20,25)(H,21,26)(H,27,28). The smallest absolute Gasteiger partial charge is 0.352 e. The van der Waals surface area contributed by atoms with Crippen molar-refractivity contribution in [2.75, 3.05) is 10.6 Å². The highest BCUT2D eigenvalue weighted by molar-refractivity contribution is 6.07. The third-order valence-corrected chi connectivity index (χ3v) is 4.56. The van der Waals surface area contributed by atoms with Gasteiger partial charge in [-0.05, 0) is 25.1 Å². The van der Waals surface area contributed by atoms with Crippen LogP contribution < -0.4 is 10.6 Å². The third-order valence-electron chi connectivity index (χ3n) is 4.56. The summed E-state index contributed by atoms with van der Waals surface area (Å²) in [6, 6.07) is 5.03. The average molecular weight is 383 g/mol. The van der Waals surface area contributed by atoms with Crippen LogP contribution in [0.3, 0.4) is 0 Å². The Morgan fingerprint density at radius 2 is 1.61 bits per heavy atom. The van der Waals surface area contributed by atoms with Crippen molar-refractivity contribution in [3.05, 3.63) is 59.4 Å². The molecule has 9 heteroatoms. The second-order valence-electron chi connectivity index (χ2n) is 6.57. The SMILES string of the molecule is Cc1c(NC(=O)c2cc(NC(=O)c3cccn3C)cn2C)cn(C)c1C(=O)O. The summed E-state index contributed by atoms with van der Waals surface area (Å²) in [7, 11) is 5.06. The van der Waals surface area contributed by atoms with E-state index >= 15 is 0 Å². The highest BCUT2D eigenvalue weighted by Crippen LogP contribution is 2.23. The van der Waals surface area contributed by atoms with E-state index in [4.69, 9.17) is 0 Å². The molecule has 0 aliphatic carbocycles. The molecule has 0 bridgehead atoms. The number of carboxylic acids is 1. The number of aromatic nitrogens is 3. The van der Waals surface area contributed by atoms with Crippen LogP contribution in [0.2, 0.25) is 0 Å². The Kier molecular flexibility index (Phi) is 4.83. The molecule has 9 nitrogen and oxygen atoms in total. The molecule has 0 aliphatic heterocycles. The van der Waals surface area contributed by atoms with Gasteiger partial charge in [0.2, 0.25) is 0 Å². The monoisotopic (exact) mass is 383 g/mol. The summed E-state index contributed by atoms with van der Waals surface area (Å²) in [6.45, 7) is 1.63. The molecular formula is C19H21N5O4. The maximum Gasteiger partial charge on any atom is 0.352 e. The molecule has 0 saturated heterocycles. The third kappa shape index (κ3) is 3.41. The van der Waals surface area contributed by atoms with E-state index in [0.717, 1.165) is 0 Å². The quantitative estimate of drug-likeness (QED) is 0.627. The number of carbonyl (C=O) groups is 3. The molecule has 3 heterocycles. The predicted molar refractivity (Wildman–Crippen MR) is 104 cm³/mol. The number of aromatic carboxylic acids is 1. The molecular weight excluding hydrogens is 362 g/mol. The number of amides is 2. The summed E-state index contributed by atoms with van der Waals surface area (Å²) < 4.78 is 4.74. The molecule has 28 heavy (non-hydrogen) atoms. The molecule has 146 valence electrons. The Bertz CT molecular complexity index is 1090. The fourth-order valence-corrected chi connectivity index (χ4v) is 3.12. The molecule has 3 rings (SSSR count). The van der Waals surface area contributed by atoms with Crippen molar-refractivity contribution in [3.8, 4) is 0 Å². The van der Waals surface area contributed by atoms with E-state index in [1.54, 1.807) is 74.0 Å². The van der Waals surface area contributed by atoms with Gasteiger partial charge in [-0.1, -0.05) is 0 Å². The van der Waals surface area contributed by atoms with Crippen LogP contribution in [-0.2, 0) is 21.1 Å². The molecule has 3 aromatic rings. The molecule has 0 fully saturated rings. The van der Waals surface area contributed by atoms with E-state index < -0.39 is 11.9 Å². The van der Waals surface area contributed by atoms with Crippen molar-refractivity contribution in [2.24, 2.45) is 21.1 Å². The number of anilines is 2. The number of hydrogen-bond donors (Lipinski definition) is 3. The van der Waals surface area contributed by atoms with Crippen LogP contribution in [0.25, 0.3) is 0 Å². The number of hydrogen-bond acceptors (Lipinski definition) is 3. The van der Waals surface area contributed by atoms with Crippen LogP contribution in [0, 0.1) is 6.92 Å². The minimum atomic E-state index is -1.06. The van der Waals surface area contributed by atoms with Crippen molar-refractivity contribution in [2.45, 2.75) is 6.92 Å². The van der Waals surface area contributed by atoms with Crippen LogP contribution in [0.5, 0.6) is 0 Å². The lowest BCUT2D eigenvalue weighted by molar-refractivity contribution is 0.0685. The Labute approximate surface area is 161 Å². The summed E-state index contributed by atoms with van der Waals surface area (Å²) in [5.74, 6) is -1.76. The van der Waals surface area contributed by atoms with Crippen molar-refractivity contribution in [3.63, 3.8) is 0 Å². The van der Waals surface area contributed by atoms with Crippen molar-refractivity contribution < 1.29 is 19.5 Å². The average Bonchev–Trinajstić information content (AvgIpc) is 3.26. The number of aryl methyl sites for hydroxylation is 3. The van der Waals surface area contributed by atoms with Crippen LogP contribution in [0.15, 0.2) is 36.8 Å². The van der Waals surface area contributed by atoms with E-state index in [-0.39, 0.29) is 11.6 Å². The largest absolute Gasteiger partial charge is 0.477 e. The molecule has 0 aromatic carbocycles. The lowest BCUT2D eigenvalue weighted by atomic mass is 10.2. The van der Waals surface area contributed by atoms with Crippen LogP contribution in [0.1, 0.15) is 37.0 Å². The van der Waals surface area contributed by atoms with Crippen LogP contribution in [-0.4, -0.2) is 36.6 Å². The maximum absolute atomic E-state index is 12.7. The number of nitrogens with one attached hydrogen (secondary N) is 2. The molecule has 3 aromatic heterocycles. The van der Waals surface area contributed by atoms with Crippen LogP contribution in [0.4, 0.5) is 11.4 Å². The molecule has 0 aliphatic rings. The molecule has 0 atom stereocenters. The van der Waals surface area contributed by atoms with Crippen molar-refractivity contribution in [1.82, 2.24) is 13.7 Å². The van der Waals surface area contributed by atoms with Gasteiger partial charge in [0.1, 0.15) is 17.1 Å². The molecule has 3 N–H and O–H groups in total. The zero-order chi connectivity index (χ0) is 20.6. The van der Waals surface area contributed by atoms with Crippen molar-refractivity contribution >= 4 is 29.2 Å². The maximum atomic E-state index is 12.7. The van der Waals surface area contributed by atoms with E-state index in [9.17, 15) is 19.5 Å². The minimum Gasteiger partial charge on any atom is -0.477 e. The molecule has 0 spiro atoms. The fourth-order valence-electron chi connectivity index (χ4n) is 3.12. The first-order chi connectivity index (χ1) is 13.2. The van der Waals surface area contributed by atoms with E-state index in [1.165, 1.54) is 4.57 Å². The lowest BCUT2D eigenvalue weighted by Crippen LogP contribution is -2.16. The number of nitrogens with zero attached hydrogens (tertiary/aromatic N) is 3. The van der Waals surface area contributed by atoms with Gasteiger partial charge in [0.25, 0.3) is 11.8 Å². The molecule has 0 unspecified atom stereocenters. The van der Waals surface area contributed by atoms with Gasteiger partial charge in [-0.15, -0.1) is 0 Å². The molecule has 0 radical (unpaired) electrons. The topological polar surface area (TPSA) is 110 Å². The second kappa shape index (κ2) is 7.10. The van der Waals surface area contributed by atoms with Gasteiger partial charge in [-0.2, -0.15) is 0 Å². The summed E-state index contributed by atoms with van der Waals surface area (Å²) in [4.78, 5) is 36.3. The number of carbonyl (C=O) groups excluding carboxylic acids is 2. The summed E-state index contributed by atoms with van der Waals surface area (Å²) >= 11 is 0. The minimum absolute atomic E-state index is 0.109. The Balaban J connectivity index is 1.79. The zero-order valence-corrected chi connectivity index (χ0v) is 16.0. The number of carboxylic acid groups (broad SMARTS) is 1. The summed E-state index contributed by atoms with van der Waals surface area (Å²) in [6.07, 6.45) is 4.96. The first kappa shape index (κ1) is 19.0. The van der Waals surface area contributed by atoms with E-state index in [0.29, 0.717) is 28.3 Å². The second-order valence-corrected chi connectivity index (χ2v) is 6.57. The van der Waals surface area contributed by atoms with Gasteiger partial charge in [-0.3, -0.25) is 9.59 Å². The highest BCUT2D eigenvalue weighted by Gasteiger charge is 2.20. The predicted octanol–water partition coefficient (Wildman–Crippen LogP) is 2.21. The Hall–Kier alpha value is -3.75. The Morgan fingerprint density at radius 1 is 0.929 bits per heavy atom. The summed E-state index contributed by atoms with van der Waals surface area (Å²) in [5.41, 5.74) is 2.29. The first-order valence-electron chi connectivity index (χ1n) is 8.48. The summed E-state index contributed by atoms with van der Waals surface area (Å²) in [5, 5.41) is 14.7. The van der Waals surface area contributed by atoms with Gasteiger partial charge in [0, 0.05) is 45.3 Å². The zero-order valence-electron chi connectivity index (χ0n) is 16.0. The van der Waals surface area contributed by atoms with Gasteiger partial charge in [0.15, 0.2) is 0 Å². The molecule has 2 amide bonds. The Morgan fingerprint density at radius 3 is 2.18 bits per heavy atom. The highest BCUT2D eigenvalue weighted by atomic mass is 16.4. The van der Waals surface area contributed by atoms with Crippen LogP contribution >= 0.6 is 0 Å².